The van der Waals surface area contributed by atoms with Gasteiger partial charge in [0, 0.05) is 6.07 Å². The highest BCUT2D eigenvalue weighted by molar-refractivity contribution is 5.38. The molecule has 2 aromatic rings. The molecule has 72 valence electrons. The van der Waals surface area contributed by atoms with E-state index in [4.69, 9.17) is 5.73 Å². The summed E-state index contributed by atoms with van der Waals surface area (Å²) in [4.78, 5) is 0. The lowest BCUT2D eigenvalue weighted by Crippen LogP contribution is -1.98. The third kappa shape index (κ3) is 1.44. The van der Waals surface area contributed by atoms with E-state index in [1.807, 2.05) is 0 Å². The average molecular weight is 195 g/mol. The van der Waals surface area contributed by atoms with E-state index in [1.165, 1.54) is 23.1 Å². The highest BCUT2D eigenvalue weighted by Gasteiger charge is 2.06. The van der Waals surface area contributed by atoms with Crippen LogP contribution >= 0.6 is 0 Å². The van der Waals surface area contributed by atoms with Gasteiger partial charge in [-0.15, -0.1) is 0 Å². The molecule has 3 nitrogen and oxygen atoms in total. The Morgan fingerprint density at radius 1 is 1.29 bits per heavy atom. The van der Waals surface area contributed by atoms with Crippen LogP contribution in [0.15, 0.2) is 30.6 Å². The molecule has 0 fully saturated rings. The van der Waals surface area contributed by atoms with Crippen molar-refractivity contribution >= 4 is 5.69 Å². The number of hydrogen-bond acceptors (Lipinski definition) is 2. The van der Waals surface area contributed by atoms with Crippen LogP contribution in [0.3, 0.4) is 0 Å². The Labute approximate surface area is 78.8 Å². The first-order valence-electron chi connectivity index (χ1n) is 3.92. The van der Waals surface area contributed by atoms with Crippen molar-refractivity contribution in [3.63, 3.8) is 0 Å². The molecule has 1 heterocycles. The summed E-state index contributed by atoms with van der Waals surface area (Å²) in [7, 11) is 0. The number of nitrogens with two attached hydrogens (primary N) is 1. The Morgan fingerprint density at radius 2 is 2.07 bits per heavy atom. The molecule has 0 saturated heterocycles. The molecule has 1 aromatic heterocycles. The van der Waals surface area contributed by atoms with Gasteiger partial charge in [0.25, 0.3) is 0 Å². The van der Waals surface area contributed by atoms with Gasteiger partial charge in [0.1, 0.15) is 11.5 Å². The second-order valence-corrected chi connectivity index (χ2v) is 2.81. The minimum absolute atomic E-state index is 0.170. The van der Waals surface area contributed by atoms with Gasteiger partial charge in [-0.25, -0.2) is 13.5 Å². The summed E-state index contributed by atoms with van der Waals surface area (Å²) in [6.07, 6.45) is 2.85. The van der Waals surface area contributed by atoms with E-state index in [2.05, 4.69) is 5.10 Å². The molecule has 14 heavy (non-hydrogen) atoms. The summed E-state index contributed by atoms with van der Waals surface area (Å²) in [5, 5.41) is 3.81. The quantitative estimate of drug-likeness (QED) is 0.753. The lowest BCUT2D eigenvalue weighted by Gasteiger charge is -2.01. The largest absolute Gasteiger partial charge is 0.396 e. The standard InChI is InChI=1S/C9H7F2N3/c10-6-1-2-9(8(11)3-6)14-5-7(12)4-13-14/h1-5H,12H2. The minimum atomic E-state index is -0.673. The molecule has 0 atom stereocenters. The van der Waals surface area contributed by atoms with Crippen LogP contribution in [0, 0.1) is 11.6 Å². The molecule has 0 unspecified atom stereocenters. The number of benzene rings is 1. The van der Waals surface area contributed by atoms with Crippen LogP contribution < -0.4 is 5.73 Å². The summed E-state index contributed by atoms with van der Waals surface area (Å²) in [6, 6.07) is 3.26. The number of rotatable bonds is 1. The molecule has 0 amide bonds. The van der Waals surface area contributed by atoms with Crippen LogP contribution in [-0.2, 0) is 0 Å². The Balaban J connectivity index is 2.52. The van der Waals surface area contributed by atoms with Crippen molar-refractivity contribution < 1.29 is 8.78 Å². The van der Waals surface area contributed by atoms with Gasteiger partial charge in [0.15, 0.2) is 5.82 Å². The minimum Gasteiger partial charge on any atom is -0.396 e. The van der Waals surface area contributed by atoms with Gasteiger partial charge in [-0.2, -0.15) is 5.10 Å². The van der Waals surface area contributed by atoms with Crippen LogP contribution in [0.25, 0.3) is 5.69 Å². The number of anilines is 1. The number of halogens is 2. The Morgan fingerprint density at radius 3 is 2.64 bits per heavy atom. The molecule has 5 heteroatoms. The third-order valence-electron chi connectivity index (χ3n) is 1.76. The number of hydrogen-bond donors (Lipinski definition) is 1. The zero-order chi connectivity index (χ0) is 10.1. The molecule has 0 bridgehead atoms. The molecule has 0 saturated carbocycles. The predicted molar refractivity (Wildman–Crippen MR) is 47.9 cm³/mol. The number of nitrogens with zero attached hydrogens (tertiary/aromatic N) is 2. The maximum atomic E-state index is 13.2. The van der Waals surface area contributed by atoms with Gasteiger partial charge >= 0.3 is 0 Å². The summed E-state index contributed by atoms with van der Waals surface area (Å²) < 4.78 is 27.0. The van der Waals surface area contributed by atoms with Gasteiger partial charge in [0.05, 0.1) is 18.1 Å². The van der Waals surface area contributed by atoms with Crippen LogP contribution in [0.4, 0.5) is 14.5 Å². The van der Waals surface area contributed by atoms with E-state index < -0.39 is 11.6 Å². The first kappa shape index (κ1) is 8.68. The van der Waals surface area contributed by atoms with Crippen molar-refractivity contribution in [3.05, 3.63) is 42.2 Å². The first-order valence-corrected chi connectivity index (χ1v) is 3.92. The highest BCUT2D eigenvalue weighted by atomic mass is 19.1. The number of aromatic nitrogens is 2. The van der Waals surface area contributed by atoms with Crippen molar-refractivity contribution in [1.29, 1.82) is 0 Å². The van der Waals surface area contributed by atoms with Crippen molar-refractivity contribution in [2.45, 2.75) is 0 Å². The van der Waals surface area contributed by atoms with Crippen LogP contribution in [0.5, 0.6) is 0 Å². The van der Waals surface area contributed by atoms with E-state index in [0.717, 1.165) is 12.1 Å². The fourth-order valence-electron chi connectivity index (χ4n) is 1.14. The van der Waals surface area contributed by atoms with E-state index in [0.29, 0.717) is 5.69 Å². The monoisotopic (exact) mass is 195 g/mol. The topological polar surface area (TPSA) is 43.8 Å². The zero-order valence-electron chi connectivity index (χ0n) is 7.11. The normalized spacial score (nSPS) is 10.4. The summed E-state index contributed by atoms with van der Waals surface area (Å²) >= 11 is 0. The summed E-state index contributed by atoms with van der Waals surface area (Å²) in [5.41, 5.74) is 6.01. The second kappa shape index (κ2) is 3.10. The smallest absolute Gasteiger partial charge is 0.151 e. The van der Waals surface area contributed by atoms with E-state index in [-0.39, 0.29) is 5.69 Å². The maximum absolute atomic E-state index is 13.2. The highest BCUT2D eigenvalue weighted by Crippen LogP contribution is 2.14. The van der Waals surface area contributed by atoms with E-state index in [1.54, 1.807) is 0 Å². The lowest BCUT2D eigenvalue weighted by atomic mass is 10.3. The molecule has 2 rings (SSSR count). The molecule has 0 radical (unpaired) electrons. The number of nitrogen functional groups attached to an aromatic ring is 1. The van der Waals surface area contributed by atoms with Crippen molar-refractivity contribution in [2.24, 2.45) is 0 Å². The molecular formula is C9H7F2N3. The SMILES string of the molecule is Nc1cnn(-c2ccc(F)cc2F)c1. The van der Waals surface area contributed by atoms with Gasteiger partial charge in [-0.1, -0.05) is 0 Å². The van der Waals surface area contributed by atoms with Crippen molar-refractivity contribution in [3.8, 4) is 5.69 Å². The Kier molecular flexibility index (Phi) is 1.92. The lowest BCUT2D eigenvalue weighted by molar-refractivity contribution is 0.574. The first-order chi connectivity index (χ1) is 6.66. The van der Waals surface area contributed by atoms with Gasteiger partial charge in [-0.05, 0) is 12.1 Å². The molecular weight excluding hydrogens is 188 g/mol. The fourth-order valence-corrected chi connectivity index (χ4v) is 1.14. The predicted octanol–water partition coefficient (Wildman–Crippen LogP) is 1.73. The summed E-state index contributed by atoms with van der Waals surface area (Å²) in [6.45, 7) is 0. The molecule has 0 aliphatic carbocycles. The zero-order valence-corrected chi connectivity index (χ0v) is 7.11. The summed E-state index contributed by atoms with van der Waals surface area (Å²) in [5.74, 6) is -1.29. The van der Waals surface area contributed by atoms with Crippen molar-refractivity contribution in [2.75, 3.05) is 5.73 Å². The molecule has 1 aromatic carbocycles. The van der Waals surface area contributed by atoms with Gasteiger partial charge in [-0.3, -0.25) is 0 Å². The maximum Gasteiger partial charge on any atom is 0.151 e. The molecule has 2 N–H and O–H groups in total. The van der Waals surface area contributed by atoms with Crippen molar-refractivity contribution in [1.82, 2.24) is 9.78 Å². The molecule has 0 aliphatic heterocycles. The molecule has 0 spiro atoms. The fraction of sp³-hybridized carbons (Fsp3) is 0. The van der Waals surface area contributed by atoms with Crippen LogP contribution in [0.1, 0.15) is 0 Å². The van der Waals surface area contributed by atoms with Gasteiger partial charge in [0.2, 0.25) is 0 Å². The third-order valence-corrected chi connectivity index (χ3v) is 1.76. The van der Waals surface area contributed by atoms with Gasteiger partial charge < -0.3 is 5.73 Å². The molecule has 0 aliphatic rings. The average Bonchev–Trinajstić information content (AvgIpc) is 2.51. The Bertz CT molecular complexity index is 465. The Hall–Kier alpha value is -1.91. The second-order valence-electron chi connectivity index (χ2n) is 2.81. The van der Waals surface area contributed by atoms with E-state index in [9.17, 15) is 8.78 Å². The van der Waals surface area contributed by atoms with Crippen LogP contribution in [0.2, 0.25) is 0 Å². The van der Waals surface area contributed by atoms with Crippen LogP contribution in [-0.4, -0.2) is 9.78 Å². The van der Waals surface area contributed by atoms with E-state index >= 15 is 0 Å².